The van der Waals surface area contributed by atoms with E-state index in [-0.39, 0.29) is 28.4 Å². The molecule has 3 rings (SSSR count). The maximum absolute atomic E-state index is 12.9. The lowest BCUT2D eigenvalue weighted by molar-refractivity contribution is -0.163. The molecule has 3 nitrogen and oxygen atoms in total. The molecule has 156 valence electrons. The van der Waals surface area contributed by atoms with Gasteiger partial charge in [0.25, 0.3) is 0 Å². The number of hydrogen-bond acceptors (Lipinski definition) is 3. The van der Waals surface area contributed by atoms with Gasteiger partial charge in [-0.25, -0.2) is 0 Å². The molecule has 4 heteroatoms. The molecule has 3 atom stereocenters. The zero-order valence-electron chi connectivity index (χ0n) is 19.0. The zero-order chi connectivity index (χ0) is 20.3. The number of ether oxygens (including phenoxy) is 1. The lowest BCUT2D eigenvalue weighted by Gasteiger charge is -2.41. The first-order chi connectivity index (χ1) is 12.3. The minimum Gasteiger partial charge on any atom is -0.462 e. The topological polar surface area (TPSA) is 35.5 Å². The second-order valence-electron chi connectivity index (χ2n) is 11.9. The second-order valence-corrected chi connectivity index (χ2v) is 16.6. The number of hydrogen-bond donors (Lipinski definition) is 0. The van der Waals surface area contributed by atoms with Gasteiger partial charge in [-0.05, 0) is 74.4 Å². The molecule has 3 fully saturated rings. The summed E-state index contributed by atoms with van der Waals surface area (Å²) in [5.74, 6) is 0.861. The quantitative estimate of drug-likeness (QED) is 0.413. The molecular weight excluding hydrogens is 352 g/mol. The van der Waals surface area contributed by atoms with Crippen LogP contribution in [-0.2, 0) is 14.0 Å². The molecule has 0 heterocycles. The molecule has 0 aromatic rings. The van der Waals surface area contributed by atoms with Crippen LogP contribution in [0.5, 0.6) is 0 Å². The van der Waals surface area contributed by atoms with E-state index >= 15 is 0 Å². The number of esters is 1. The molecule has 27 heavy (non-hydrogen) atoms. The van der Waals surface area contributed by atoms with Crippen LogP contribution in [0.2, 0.25) is 18.1 Å². The van der Waals surface area contributed by atoms with Crippen molar-refractivity contribution in [3.05, 3.63) is 0 Å². The highest BCUT2D eigenvalue weighted by Gasteiger charge is 2.63. The minimum absolute atomic E-state index is 0.0651. The Morgan fingerprint density at radius 3 is 2.04 bits per heavy atom. The van der Waals surface area contributed by atoms with Crippen molar-refractivity contribution in [2.24, 2.45) is 22.7 Å². The number of carbonyl (C=O) groups is 1. The van der Waals surface area contributed by atoms with E-state index in [1.54, 1.807) is 0 Å². The standard InChI is InChI=1S/C23H42O3Si/c1-21(2,3)27(7,8)26-18-11-9-16(10-12-18)20(24)25-19-15-17-13-14-23(19,6)22(17,4)5/h16-19H,9-15H2,1-8H3. The fourth-order valence-corrected chi connectivity index (χ4v) is 6.98. The monoisotopic (exact) mass is 394 g/mol. The van der Waals surface area contributed by atoms with Crippen molar-refractivity contribution in [3.8, 4) is 0 Å². The zero-order valence-corrected chi connectivity index (χ0v) is 20.0. The Kier molecular flexibility index (Phi) is 5.43. The molecule has 0 aromatic carbocycles. The first kappa shape index (κ1) is 21.4. The van der Waals surface area contributed by atoms with Gasteiger partial charge < -0.3 is 9.16 Å². The van der Waals surface area contributed by atoms with E-state index < -0.39 is 8.32 Å². The predicted molar refractivity (Wildman–Crippen MR) is 113 cm³/mol. The van der Waals surface area contributed by atoms with Crippen LogP contribution in [0.25, 0.3) is 0 Å². The van der Waals surface area contributed by atoms with E-state index in [0.29, 0.717) is 17.4 Å². The summed E-state index contributed by atoms with van der Waals surface area (Å²) < 4.78 is 12.7. The second kappa shape index (κ2) is 6.86. The smallest absolute Gasteiger partial charge is 0.309 e. The third kappa shape index (κ3) is 3.65. The molecule has 2 bridgehead atoms. The van der Waals surface area contributed by atoms with Gasteiger partial charge >= 0.3 is 5.97 Å². The Balaban J connectivity index is 1.51. The van der Waals surface area contributed by atoms with E-state index in [0.717, 1.165) is 32.1 Å². The Hall–Kier alpha value is -0.353. The van der Waals surface area contributed by atoms with Crippen LogP contribution < -0.4 is 0 Å². The summed E-state index contributed by atoms with van der Waals surface area (Å²) in [6.07, 6.45) is 7.88. The van der Waals surface area contributed by atoms with E-state index in [9.17, 15) is 4.79 Å². The van der Waals surface area contributed by atoms with Gasteiger partial charge in [-0.2, -0.15) is 0 Å². The first-order valence-electron chi connectivity index (χ1n) is 11.2. The molecule has 0 N–H and O–H groups in total. The first-order valence-corrected chi connectivity index (χ1v) is 14.1. The van der Waals surface area contributed by atoms with E-state index in [1.165, 1.54) is 12.8 Å². The van der Waals surface area contributed by atoms with Crippen LogP contribution in [0.15, 0.2) is 0 Å². The van der Waals surface area contributed by atoms with Gasteiger partial charge in [0.1, 0.15) is 6.10 Å². The summed E-state index contributed by atoms with van der Waals surface area (Å²) in [7, 11) is -1.72. The predicted octanol–water partition coefficient (Wildman–Crippen LogP) is 6.33. The number of rotatable bonds is 4. The third-order valence-corrected chi connectivity index (χ3v) is 13.8. The normalized spacial score (nSPS) is 38.8. The van der Waals surface area contributed by atoms with Gasteiger partial charge in [0.15, 0.2) is 8.32 Å². The Morgan fingerprint density at radius 2 is 1.59 bits per heavy atom. The molecule has 0 saturated heterocycles. The Morgan fingerprint density at radius 1 is 1.00 bits per heavy atom. The molecule has 0 aliphatic heterocycles. The molecule has 0 amide bonds. The highest BCUT2D eigenvalue weighted by atomic mass is 28.4. The van der Waals surface area contributed by atoms with Crippen molar-refractivity contribution in [3.63, 3.8) is 0 Å². The largest absolute Gasteiger partial charge is 0.462 e. The summed E-state index contributed by atoms with van der Waals surface area (Å²) in [6.45, 7) is 18.6. The SMILES string of the molecule is CC1(C)C2CCC1(C)C(OC(=O)C1CCC(O[Si](C)(C)C(C)(C)C)CC1)C2. The van der Waals surface area contributed by atoms with Crippen molar-refractivity contribution < 1.29 is 14.0 Å². The van der Waals surface area contributed by atoms with Gasteiger partial charge in [0.2, 0.25) is 0 Å². The van der Waals surface area contributed by atoms with E-state index in [1.807, 2.05) is 0 Å². The molecule has 0 radical (unpaired) electrons. The maximum Gasteiger partial charge on any atom is 0.309 e. The molecule has 0 spiro atoms. The van der Waals surface area contributed by atoms with Crippen LogP contribution in [0.4, 0.5) is 0 Å². The molecule has 3 saturated carbocycles. The Bertz CT molecular complexity index is 569. The Labute approximate surface area is 168 Å². The highest BCUT2D eigenvalue weighted by Crippen LogP contribution is 2.66. The third-order valence-electron chi connectivity index (χ3n) is 9.25. The van der Waals surface area contributed by atoms with Crippen LogP contribution in [-0.4, -0.2) is 26.5 Å². The summed E-state index contributed by atoms with van der Waals surface area (Å²) in [5, 5.41) is 0.243. The van der Waals surface area contributed by atoms with Gasteiger partial charge in [0, 0.05) is 11.5 Å². The molecule has 3 aliphatic rings. The van der Waals surface area contributed by atoms with Crippen molar-refractivity contribution in [2.75, 3.05) is 0 Å². The minimum atomic E-state index is -1.72. The van der Waals surface area contributed by atoms with Crippen LogP contribution in [0, 0.1) is 22.7 Å². The van der Waals surface area contributed by atoms with Gasteiger partial charge in [0.05, 0.1) is 5.92 Å². The average Bonchev–Trinajstić information content (AvgIpc) is 2.87. The summed E-state index contributed by atoms with van der Waals surface area (Å²) in [6, 6.07) is 0. The molecule has 3 aliphatic carbocycles. The van der Waals surface area contributed by atoms with Crippen LogP contribution in [0.3, 0.4) is 0 Å². The van der Waals surface area contributed by atoms with Crippen molar-refractivity contribution in [2.45, 2.75) is 117 Å². The number of carbonyl (C=O) groups excluding carboxylic acids is 1. The molecular formula is C23H42O3Si. The summed E-state index contributed by atoms with van der Waals surface area (Å²) >= 11 is 0. The number of fused-ring (bicyclic) bond motifs is 2. The van der Waals surface area contributed by atoms with Gasteiger partial charge in [-0.15, -0.1) is 0 Å². The summed E-state index contributed by atoms with van der Waals surface area (Å²) in [4.78, 5) is 12.9. The van der Waals surface area contributed by atoms with Crippen molar-refractivity contribution >= 4 is 14.3 Å². The lowest BCUT2D eigenvalue weighted by atomic mass is 9.70. The van der Waals surface area contributed by atoms with Crippen molar-refractivity contribution in [1.29, 1.82) is 0 Å². The highest BCUT2D eigenvalue weighted by molar-refractivity contribution is 6.74. The molecule has 0 aromatic heterocycles. The lowest BCUT2D eigenvalue weighted by Crippen LogP contribution is -2.45. The fourth-order valence-electron chi connectivity index (χ4n) is 5.55. The maximum atomic E-state index is 12.9. The van der Waals surface area contributed by atoms with E-state index in [4.69, 9.17) is 9.16 Å². The van der Waals surface area contributed by atoms with Crippen LogP contribution in [0.1, 0.15) is 86.5 Å². The fraction of sp³-hybridized carbons (Fsp3) is 0.957. The summed E-state index contributed by atoms with van der Waals surface area (Å²) in [5.41, 5.74) is 0.461. The van der Waals surface area contributed by atoms with Crippen LogP contribution >= 0.6 is 0 Å². The van der Waals surface area contributed by atoms with Crippen molar-refractivity contribution in [1.82, 2.24) is 0 Å². The van der Waals surface area contributed by atoms with E-state index in [2.05, 4.69) is 54.6 Å². The van der Waals surface area contributed by atoms with Gasteiger partial charge in [-0.1, -0.05) is 41.5 Å². The molecule has 3 unspecified atom stereocenters. The average molecular weight is 395 g/mol. The van der Waals surface area contributed by atoms with Gasteiger partial charge in [-0.3, -0.25) is 4.79 Å².